The van der Waals surface area contributed by atoms with Gasteiger partial charge in [0.05, 0.1) is 12.7 Å². The van der Waals surface area contributed by atoms with Crippen LogP contribution >= 0.6 is 0 Å². The molecule has 0 aliphatic carbocycles. The molecular weight excluding hydrogens is 265 g/mol. The van der Waals surface area contributed by atoms with E-state index in [9.17, 15) is 23.1 Å². The normalized spacial score (nSPS) is 13.5. The zero-order valence-electron chi connectivity index (χ0n) is 9.69. The highest BCUT2D eigenvalue weighted by Gasteiger charge is 2.35. The maximum absolute atomic E-state index is 12.7. The van der Waals surface area contributed by atoms with Crippen molar-refractivity contribution in [3.8, 4) is 0 Å². The fourth-order valence-corrected chi connectivity index (χ4v) is 1.67. The summed E-state index contributed by atoms with van der Waals surface area (Å²) in [5.41, 5.74) is -1.39. The first kappa shape index (κ1) is 13.4. The first-order chi connectivity index (χ1) is 8.84. The molecular formula is C12H9F3O4. The average molecular weight is 274 g/mol. The number of aliphatic hydroxyl groups is 1. The van der Waals surface area contributed by atoms with Crippen molar-refractivity contribution >= 4 is 16.9 Å². The topological polar surface area (TPSA) is 59.7 Å². The minimum atomic E-state index is -4.58. The van der Waals surface area contributed by atoms with E-state index in [1.807, 2.05) is 0 Å². The molecule has 1 aromatic carbocycles. The Balaban J connectivity index is 2.55. The number of carbonyl (C=O) groups is 1. The Morgan fingerprint density at radius 3 is 2.68 bits per heavy atom. The predicted molar refractivity (Wildman–Crippen MR) is 58.2 cm³/mol. The summed E-state index contributed by atoms with van der Waals surface area (Å²) in [6.45, 7) is 0. The van der Waals surface area contributed by atoms with Gasteiger partial charge < -0.3 is 14.3 Å². The van der Waals surface area contributed by atoms with Gasteiger partial charge in [0.1, 0.15) is 11.3 Å². The van der Waals surface area contributed by atoms with Gasteiger partial charge in [0, 0.05) is 5.39 Å². The number of furan rings is 1. The van der Waals surface area contributed by atoms with E-state index >= 15 is 0 Å². The van der Waals surface area contributed by atoms with Gasteiger partial charge in [-0.2, -0.15) is 13.2 Å². The van der Waals surface area contributed by atoms with E-state index in [2.05, 4.69) is 4.74 Å². The second kappa shape index (κ2) is 4.58. The van der Waals surface area contributed by atoms with E-state index in [0.717, 1.165) is 13.2 Å². The lowest BCUT2D eigenvalue weighted by Gasteiger charge is -2.06. The average Bonchev–Trinajstić information content (AvgIpc) is 2.78. The molecule has 0 bridgehead atoms. The summed E-state index contributed by atoms with van der Waals surface area (Å²) in [4.78, 5) is 11.1. The van der Waals surface area contributed by atoms with Crippen LogP contribution in [0.2, 0.25) is 0 Å². The van der Waals surface area contributed by atoms with Crippen LogP contribution in [0.25, 0.3) is 11.0 Å². The van der Waals surface area contributed by atoms with Gasteiger partial charge in [0.15, 0.2) is 0 Å². The van der Waals surface area contributed by atoms with Gasteiger partial charge in [0.25, 0.3) is 0 Å². The molecule has 2 rings (SSSR count). The molecule has 0 spiro atoms. The van der Waals surface area contributed by atoms with Crippen molar-refractivity contribution in [1.29, 1.82) is 0 Å². The number of alkyl halides is 3. The molecule has 0 saturated heterocycles. The van der Waals surface area contributed by atoms with E-state index in [1.165, 1.54) is 18.2 Å². The number of hydrogen-bond acceptors (Lipinski definition) is 4. The van der Waals surface area contributed by atoms with Gasteiger partial charge in [-0.3, -0.25) is 0 Å². The van der Waals surface area contributed by atoms with Crippen molar-refractivity contribution in [3.05, 3.63) is 35.6 Å². The predicted octanol–water partition coefficient (Wildman–Crippen LogP) is 2.66. The third kappa shape index (κ3) is 2.41. The van der Waals surface area contributed by atoms with Crippen molar-refractivity contribution < 1.29 is 32.2 Å². The Bertz CT molecular complexity index is 615. The standard InChI is InChI=1S/C12H9F3O4/c1-18-11(17)9(16)8-5-6-3-2-4-7(10(6)19-8)12(13,14)15/h2-5,9,16H,1H3. The third-order valence-corrected chi connectivity index (χ3v) is 2.56. The Morgan fingerprint density at radius 2 is 2.11 bits per heavy atom. The number of ether oxygens (including phenoxy) is 1. The van der Waals surface area contributed by atoms with Crippen LogP contribution in [0.15, 0.2) is 28.7 Å². The summed E-state index contributed by atoms with van der Waals surface area (Å²) in [6.07, 6.45) is -6.33. The second-order valence-corrected chi connectivity index (χ2v) is 3.80. The van der Waals surface area contributed by atoms with Crippen molar-refractivity contribution in [1.82, 2.24) is 0 Å². The smallest absolute Gasteiger partial charge is 0.420 e. The molecule has 1 heterocycles. The van der Waals surface area contributed by atoms with Gasteiger partial charge in [0.2, 0.25) is 6.10 Å². The number of para-hydroxylation sites is 1. The molecule has 102 valence electrons. The molecule has 1 unspecified atom stereocenters. The third-order valence-electron chi connectivity index (χ3n) is 2.56. The summed E-state index contributed by atoms with van der Waals surface area (Å²) < 4.78 is 47.4. The number of fused-ring (bicyclic) bond motifs is 1. The van der Waals surface area contributed by atoms with Gasteiger partial charge in [-0.25, -0.2) is 4.79 Å². The summed E-state index contributed by atoms with van der Waals surface area (Å²) in [7, 11) is 1.05. The minimum absolute atomic E-state index is 0.146. The van der Waals surface area contributed by atoms with Gasteiger partial charge in [-0.15, -0.1) is 0 Å². The molecule has 0 aliphatic rings. The van der Waals surface area contributed by atoms with Crippen LogP contribution in [-0.2, 0) is 15.7 Å². The molecule has 0 saturated carbocycles. The Hall–Kier alpha value is -2.02. The first-order valence-corrected chi connectivity index (χ1v) is 5.20. The van der Waals surface area contributed by atoms with E-state index in [4.69, 9.17) is 4.42 Å². The van der Waals surface area contributed by atoms with Crippen molar-refractivity contribution in [2.75, 3.05) is 7.11 Å². The Kier molecular flexibility index (Phi) is 3.23. The molecule has 4 nitrogen and oxygen atoms in total. The van der Waals surface area contributed by atoms with Gasteiger partial charge in [-0.05, 0) is 12.1 Å². The highest BCUT2D eigenvalue weighted by Crippen LogP contribution is 2.37. The fourth-order valence-electron chi connectivity index (χ4n) is 1.67. The molecule has 0 amide bonds. The van der Waals surface area contributed by atoms with Crippen LogP contribution in [0.4, 0.5) is 13.2 Å². The van der Waals surface area contributed by atoms with Crippen LogP contribution in [-0.4, -0.2) is 18.2 Å². The number of benzene rings is 1. The van der Waals surface area contributed by atoms with Crippen molar-refractivity contribution in [2.45, 2.75) is 12.3 Å². The summed E-state index contributed by atoms with van der Waals surface area (Å²) >= 11 is 0. The molecule has 2 aromatic rings. The zero-order valence-corrected chi connectivity index (χ0v) is 9.69. The SMILES string of the molecule is COC(=O)C(O)c1cc2cccc(C(F)(F)F)c2o1. The number of halogens is 3. The van der Waals surface area contributed by atoms with E-state index < -0.39 is 29.4 Å². The fraction of sp³-hybridized carbons (Fsp3) is 0.250. The molecule has 1 atom stereocenters. The largest absolute Gasteiger partial charge is 0.467 e. The molecule has 7 heteroatoms. The van der Waals surface area contributed by atoms with Crippen LogP contribution in [0.1, 0.15) is 17.4 Å². The number of aliphatic hydroxyl groups excluding tert-OH is 1. The number of methoxy groups -OCH3 is 1. The molecule has 19 heavy (non-hydrogen) atoms. The molecule has 0 fully saturated rings. The van der Waals surface area contributed by atoms with E-state index in [0.29, 0.717) is 0 Å². The molecule has 0 radical (unpaired) electrons. The lowest BCUT2D eigenvalue weighted by molar-refractivity contribution is -0.151. The lowest BCUT2D eigenvalue weighted by atomic mass is 10.1. The van der Waals surface area contributed by atoms with E-state index in [1.54, 1.807) is 0 Å². The summed E-state index contributed by atoms with van der Waals surface area (Å²) in [5.74, 6) is -1.30. The number of rotatable bonds is 2. The Morgan fingerprint density at radius 1 is 1.42 bits per heavy atom. The molecule has 1 N–H and O–H groups in total. The number of carbonyl (C=O) groups excluding carboxylic acids is 1. The van der Waals surface area contributed by atoms with Gasteiger partial charge in [-0.1, -0.05) is 12.1 Å². The quantitative estimate of drug-likeness (QED) is 0.855. The molecule has 1 aromatic heterocycles. The van der Waals surface area contributed by atoms with E-state index in [-0.39, 0.29) is 11.1 Å². The monoisotopic (exact) mass is 274 g/mol. The van der Waals surface area contributed by atoms with Crippen molar-refractivity contribution in [2.24, 2.45) is 0 Å². The Labute approximate surface area is 105 Å². The highest BCUT2D eigenvalue weighted by atomic mass is 19.4. The highest BCUT2D eigenvalue weighted by molar-refractivity contribution is 5.84. The number of hydrogen-bond donors (Lipinski definition) is 1. The molecule has 0 aliphatic heterocycles. The van der Waals surface area contributed by atoms with Crippen LogP contribution in [0.3, 0.4) is 0 Å². The van der Waals surface area contributed by atoms with Crippen LogP contribution < -0.4 is 0 Å². The van der Waals surface area contributed by atoms with Crippen LogP contribution in [0, 0.1) is 0 Å². The second-order valence-electron chi connectivity index (χ2n) is 3.80. The first-order valence-electron chi connectivity index (χ1n) is 5.20. The maximum atomic E-state index is 12.7. The minimum Gasteiger partial charge on any atom is -0.467 e. The summed E-state index contributed by atoms with van der Waals surface area (Å²) in [5, 5.41) is 9.68. The summed E-state index contributed by atoms with van der Waals surface area (Å²) in [6, 6.07) is 4.64. The number of esters is 1. The van der Waals surface area contributed by atoms with Crippen LogP contribution in [0.5, 0.6) is 0 Å². The lowest BCUT2D eigenvalue weighted by Crippen LogP contribution is -2.12. The zero-order chi connectivity index (χ0) is 14.2. The van der Waals surface area contributed by atoms with Crippen molar-refractivity contribution in [3.63, 3.8) is 0 Å². The maximum Gasteiger partial charge on any atom is 0.420 e. The van der Waals surface area contributed by atoms with Gasteiger partial charge >= 0.3 is 12.1 Å².